The van der Waals surface area contributed by atoms with E-state index in [1.54, 1.807) is 65.8 Å². The van der Waals surface area contributed by atoms with Gasteiger partial charge in [0, 0.05) is 19.4 Å². The number of ether oxygens (including phenoxy) is 2. The standard InChI is InChI=1S/C40H49N3O6/c1-9-24-43(36(45)32(26-29-18-13-11-14-19-29)42-38(47)49-40(6,7)8)34(31-23-17-22-28(10-2)25-31)35(44)41-33(37(46)48-39(3,4)5)27-30-20-15-12-16-21-30/h9-23,25,32-34H,1-2,24,26-27H2,3-8H3,(H,41,44)(H,42,47). The van der Waals surface area contributed by atoms with E-state index in [1.807, 2.05) is 66.7 Å². The highest BCUT2D eigenvalue weighted by atomic mass is 16.6. The van der Waals surface area contributed by atoms with Gasteiger partial charge in [-0.3, -0.25) is 9.59 Å². The lowest BCUT2D eigenvalue weighted by Crippen LogP contribution is -2.55. The first-order valence-electron chi connectivity index (χ1n) is 16.3. The Balaban J connectivity index is 2.10. The molecule has 3 rings (SSSR count). The fraction of sp³-hybridized carbons (Fsp3) is 0.350. The average Bonchev–Trinajstić information content (AvgIpc) is 3.03. The Hall–Kier alpha value is -5.18. The summed E-state index contributed by atoms with van der Waals surface area (Å²) in [5.74, 6) is -1.77. The van der Waals surface area contributed by atoms with Crippen LogP contribution in [0.1, 0.15) is 69.8 Å². The molecule has 9 nitrogen and oxygen atoms in total. The molecule has 3 unspecified atom stereocenters. The van der Waals surface area contributed by atoms with Crippen molar-refractivity contribution in [2.75, 3.05) is 6.54 Å². The molecule has 3 aromatic carbocycles. The molecular formula is C40H49N3O6. The van der Waals surface area contributed by atoms with Crippen LogP contribution in [0.4, 0.5) is 4.79 Å². The second kappa shape index (κ2) is 17.3. The minimum Gasteiger partial charge on any atom is -0.458 e. The van der Waals surface area contributed by atoms with Crippen LogP contribution in [0, 0.1) is 0 Å². The highest BCUT2D eigenvalue weighted by molar-refractivity contribution is 5.94. The van der Waals surface area contributed by atoms with E-state index in [-0.39, 0.29) is 19.4 Å². The molecule has 260 valence electrons. The molecule has 0 aromatic heterocycles. The normalized spacial score (nSPS) is 13.2. The molecule has 2 N–H and O–H groups in total. The van der Waals surface area contributed by atoms with Gasteiger partial charge in [0.05, 0.1) is 0 Å². The zero-order valence-corrected chi connectivity index (χ0v) is 29.4. The first-order chi connectivity index (χ1) is 23.1. The highest BCUT2D eigenvalue weighted by Crippen LogP contribution is 2.26. The molecule has 0 aliphatic heterocycles. The van der Waals surface area contributed by atoms with E-state index < -0.39 is 53.2 Å². The van der Waals surface area contributed by atoms with Gasteiger partial charge < -0.3 is 25.0 Å². The smallest absolute Gasteiger partial charge is 0.408 e. The van der Waals surface area contributed by atoms with Crippen molar-refractivity contribution in [2.24, 2.45) is 0 Å². The quantitative estimate of drug-likeness (QED) is 0.148. The van der Waals surface area contributed by atoms with Gasteiger partial charge in [-0.15, -0.1) is 6.58 Å². The summed E-state index contributed by atoms with van der Waals surface area (Å²) in [6, 6.07) is 22.2. The molecule has 49 heavy (non-hydrogen) atoms. The van der Waals surface area contributed by atoms with E-state index in [0.29, 0.717) is 5.56 Å². The van der Waals surface area contributed by atoms with Crippen molar-refractivity contribution >= 4 is 30.0 Å². The van der Waals surface area contributed by atoms with Crippen LogP contribution in [-0.2, 0) is 36.7 Å². The number of carbonyl (C=O) groups excluding carboxylic acids is 4. The van der Waals surface area contributed by atoms with Gasteiger partial charge in [0.15, 0.2) is 0 Å². The SMILES string of the molecule is C=CCN(C(=O)C(Cc1ccccc1)NC(=O)OC(C)(C)C)C(C(=O)NC(Cc1ccccc1)C(=O)OC(C)(C)C)c1cccc(C=C)c1. The van der Waals surface area contributed by atoms with E-state index in [1.165, 1.54) is 11.0 Å². The molecule has 0 aliphatic carbocycles. The molecule has 0 aliphatic rings. The van der Waals surface area contributed by atoms with Crippen LogP contribution in [0.5, 0.6) is 0 Å². The van der Waals surface area contributed by atoms with Gasteiger partial charge in [0.25, 0.3) is 0 Å². The molecule has 3 aromatic rings. The van der Waals surface area contributed by atoms with Gasteiger partial charge in [-0.25, -0.2) is 9.59 Å². The molecule has 3 atom stereocenters. The number of carbonyl (C=O) groups is 4. The van der Waals surface area contributed by atoms with Gasteiger partial charge in [-0.05, 0) is 69.9 Å². The summed E-state index contributed by atoms with van der Waals surface area (Å²) in [5, 5.41) is 5.64. The Bertz CT molecular complexity index is 1590. The lowest BCUT2D eigenvalue weighted by Gasteiger charge is -2.35. The molecule has 3 amide bonds. The summed E-state index contributed by atoms with van der Waals surface area (Å²) in [6.45, 7) is 18.1. The Morgan fingerprint density at radius 1 is 0.735 bits per heavy atom. The Morgan fingerprint density at radius 3 is 1.80 bits per heavy atom. The number of nitrogens with one attached hydrogen (secondary N) is 2. The van der Waals surface area contributed by atoms with Crippen LogP contribution in [0.25, 0.3) is 6.08 Å². The van der Waals surface area contributed by atoms with Crippen LogP contribution in [0.3, 0.4) is 0 Å². The molecule has 0 saturated heterocycles. The predicted molar refractivity (Wildman–Crippen MR) is 192 cm³/mol. The van der Waals surface area contributed by atoms with Gasteiger partial charge >= 0.3 is 12.1 Å². The van der Waals surface area contributed by atoms with Crippen molar-refractivity contribution in [3.63, 3.8) is 0 Å². The molecule has 0 bridgehead atoms. The van der Waals surface area contributed by atoms with E-state index in [4.69, 9.17) is 9.47 Å². The third-order valence-corrected chi connectivity index (χ3v) is 7.19. The minimum atomic E-state index is -1.23. The highest BCUT2D eigenvalue weighted by Gasteiger charge is 2.38. The zero-order valence-electron chi connectivity index (χ0n) is 29.4. The summed E-state index contributed by atoms with van der Waals surface area (Å²) in [4.78, 5) is 57.1. The van der Waals surface area contributed by atoms with Crippen LogP contribution in [0.15, 0.2) is 104 Å². The van der Waals surface area contributed by atoms with E-state index >= 15 is 0 Å². The first kappa shape index (κ1) is 38.3. The lowest BCUT2D eigenvalue weighted by molar-refractivity contribution is -0.159. The fourth-order valence-corrected chi connectivity index (χ4v) is 5.16. The van der Waals surface area contributed by atoms with Crippen LogP contribution < -0.4 is 10.6 Å². The van der Waals surface area contributed by atoms with Gasteiger partial charge in [-0.2, -0.15) is 0 Å². The van der Waals surface area contributed by atoms with Crippen molar-refractivity contribution in [2.45, 2.75) is 83.7 Å². The number of hydrogen-bond donors (Lipinski definition) is 2. The van der Waals surface area contributed by atoms with E-state index in [9.17, 15) is 19.2 Å². The number of benzene rings is 3. The largest absolute Gasteiger partial charge is 0.458 e. The molecule has 0 radical (unpaired) electrons. The second-order valence-corrected chi connectivity index (χ2v) is 13.7. The number of amides is 3. The van der Waals surface area contributed by atoms with Crippen LogP contribution in [-0.4, -0.2) is 58.6 Å². The number of esters is 1. The third-order valence-electron chi connectivity index (χ3n) is 7.19. The Morgan fingerprint density at radius 2 is 1.29 bits per heavy atom. The van der Waals surface area contributed by atoms with Crippen molar-refractivity contribution in [3.05, 3.63) is 126 Å². The molecule has 0 heterocycles. The molecule has 0 fully saturated rings. The molecule has 9 heteroatoms. The second-order valence-electron chi connectivity index (χ2n) is 13.7. The van der Waals surface area contributed by atoms with Crippen LogP contribution in [0.2, 0.25) is 0 Å². The monoisotopic (exact) mass is 667 g/mol. The summed E-state index contributed by atoms with van der Waals surface area (Å²) in [5.41, 5.74) is 1.18. The Kier molecular flexibility index (Phi) is 13.5. The topological polar surface area (TPSA) is 114 Å². The predicted octanol–water partition coefficient (Wildman–Crippen LogP) is 6.59. The average molecular weight is 668 g/mol. The van der Waals surface area contributed by atoms with E-state index in [0.717, 1.165) is 16.7 Å². The number of rotatable bonds is 14. The van der Waals surface area contributed by atoms with Crippen LogP contribution >= 0.6 is 0 Å². The maximum Gasteiger partial charge on any atom is 0.408 e. The van der Waals surface area contributed by atoms with Gasteiger partial charge in [-0.1, -0.05) is 97.6 Å². The summed E-state index contributed by atoms with van der Waals surface area (Å²) in [7, 11) is 0. The van der Waals surface area contributed by atoms with Gasteiger partial charge in [0.2, 0.25) is 11.8 Å². The molecule has 0 saturated carbocycles. The number of alkyl carbamates (subject to hydrolysis) is 1. The molecular weight excluding hydrogens is 618 g/mol. The third kappa shape index (κ3) is 12.4. The summed E-state index contributed by atoms with van der Waals surface area (Å²) < 4.78 is 11.2. The summed E-state index contributed by atoms with van der Waals surface area (Å²) in [6.07, 6.45) is 2.66. The van der Waals surface area contributed by atoms with Crippen molar-refractivity contribution in [1.82, 2.24) is 15.5 Å². The number of nitrogens with zero attached hydrogens (tertiary/aromatic N) is 1. The zero-order chi connectivity index (χ0) is 36.2. The minimum absolute atomic E-state index is 0.0493. The fourth-order valence-electron chi connectivity index (χ4n) is 5.16. The van der Waals surface area contributed by atoms with Crippen molar-refractivity contribution in [3.8, 4) is 0 Å². The summed E-state index contributed by atoms with van der Waals surface area (Å²) >= 11 is 0. The van der Waals surface area contributed by atoms with Crippen molar-refractivity contribution < 1.29 is 28.7 Å². The van der Waals surface area contributed by atoms with E-state index in [2.05, 4.69) is 23.8 Å². The maximum atomic E-state index is 14.6. The Labute approximate surface area is 290 Å². The van der Waals surface area contributed by atoms with Crippen molar-refractivity contribution in [1.29, 1.82) is 0 Å². The lowest BCUT2D eigenvalue weighted by atomic mass is 9.98. The maximum absolute atomic E-state index is 14.6. The van der Waals surface area contributed by atoms with Gasteiger partial charge in [0.1, 0.15) is 29.3 Å². The first-order valence-corrected chi connectivity index (χ1v) is 16.3. The molecule has 0 spiro atoms. The number of hydrogen-bond acceptors (Lipinski definition) is 6.